The first-order valence-electron chi connectivity index (χ1n) is 8.59. The molecule has 0 spiro atoms. The lowest BCUT2D eigenvalue weighted by molar-refractivity contribution is -0.133. The molecule has 2 amide bonds. The summed E-state index contributed by atoms with van der Waals surface area (Å²) in [6.07, 6.45) is 0.586. The summed E-state index contributed by atoms with van der Waals surface area (Å²) >= 11 is 0. The molecule has 0 bridgehead atoms. The molecule has 0 aliphatic carbocycles. The Balaban J connectivity index is 1.48. The second-order valence-corrected chi connectivity index (χ2v) is 6.45. The first kappa shape index (κ1) is 17.6. The average molecular weight is 349 g/mol. The minimum Gasteiger partial charge on any atom is -0.368 e. The van der Waals surface area contributed by atoms with Crippen molar-refractivity contribution in [2.75, 3.05) is 44.2 Å². The van der Waals surface area contributed by atoms with Gasteiger partial charge >= 0.3 is 0 Å². The largest absolute Gasteiger partial charge is 0.368 e. The standard InChI is InChI=1S/C17H24FN5O2/c18-12-1-3-14(4-2-12)22-5-7-23(8-6-22)17(25)15-9-13(11-20-15)21-16(24)10-19/h1-4,13,15,20H,5-11,19H2,(H,21,24)/t13?,15-/m1/s1. The zero-order chi connectivity index (χ0) is 17.8. The molecule has 0 saturated carbocycles. The zero-order valence-corrected chi connectivity index (χ0v) is 14.1. The molecule has 136 valence electrons. The van der Waals surface area contributed by atoms with Gasteiger partial charge in [-0.3, -0.25) is 9.59 Å². The number of anilines is 1. The third kappa shape index (κ3) is 4.26. The molecule has 1 unspecified atom stereocenters. The summed E-state index contributed by atoms with van der Waals surface area (Å²) in [5.41, 5.74) is 6.27. The van der Waals surface area contributed by atoms with Crippen LogP contribution < -0.4 is 21.3 Å². The first-order valence-corrected chi connectivity index (χ1v) is 8.59. The summed E-state index contributed by atoms with van der Waals surface area (Å²) in [6, 6.07) is 6.11. The topological polar surface area (TPSA) is 90.7 Å². The van der Waals surface area contributed by atoms with Crippen LogP contribution in [0.2, 0.25) is 0 Å². The van der Waals surface area contributed by atoms with E-state index in [0.29, 0.717) is 26.1 Å². The van der Waals surface area contributed by atoms with Crippen LogP contribution in [0.15, 0.2) is 24.3 Å². The number of benzene rings is 1. The number of rotatable bonds is 4. The Morgan fingerprint density at radius 3 is 2.52 bits per heavy atom. The van der Waals surface area contributed by atoms with Gasteiger partial charge in [-0.2, -0.15) is 0 Å². The van der Waals surface area contributed by atoms with Gasteiger partial charge in [0.1, 0.15) is 5.82 Å². The maximum atomic E-state index is 13.0. The molecule has 4 N–H and O–H groups in total. The Morgan fingerprint density at radius 1 is 1.20 bits per heavy atom. The van der Waals surface area contributed by atoms with Gasteiger partial charge in [0.2, 0.25) is 11.8 Å². The molecule has 2 aliphatic rings. The number of piperazine rings is 1. The molecule has 2 saturated heterocycles. The van der Waals surface area contributed by atoms with Crippen molar-refractivity contribution in [3.05, 3.63) is 30.1 Å². The van der Waals surface area contributed by atoms with E-state index >= 15 is 0 Å². The molecule has 2 fully saturated rings. The van der Waals surface area contributed by atoms with Gasteiger partial charge in [0, 0.05) is 44.5 Å². The van der Waals surface area contributed by atoms with Crippen molar-refractivity contribution in [1.29, 1.82) is 0 Å². The van der Waals surface area contributed by atoms with Crippen LogP contribution >= 0.6 is 0 Å². The van der Waals surface area contributed by atoms with Crippen LogP contribution in [0.5, 0.6) is 0 Å². The number of amides is 2. The second-order valence-electron chi connectivity index (χ2n) is 6.45. The van der Waals surface area contributed by atoms with Crippen molar-refractivity contribution < 1.29 is 14.0 Å². The molecule has 0 aromatic heterocycles. The average Bonchev–Trinajstić information content (AvgIpc) is 3.10. The molecule has 1 aromatic rings. The van der Waals surface area contributed by atoms with Crippen LogP contribution in [0.3, 0.4) is 0 Å². The lowest BCUT2D eigenvalue weighted by Crippen LogP contribution is -2.53. The quantitative estimate of drug-likeness (QED) is 0.667. The van der Waals surface area contributed by atoms with Gasteiger partial charge < -0.3 is 26.2 Å². The van der Waals surface area contributed by atoms with Gasteiger partial charge in [-0.25, -0.2) is 4.39 Å². The van der Waals surface area contributed by atoms with Crippen molar-refractivity contribution >= 4 is 17.5 Å². The van der Waals surface area contributed by atoms with E-state index < -0.39 is 0 Å². The highest BCUT2D eigenvalue weighted by Gasteiger charge is 2.34. The molecule has 1 aromatic carbocycles. The molecule has 2 heterocycles. The van der Waals surface area contributed by atoms with E-state index in [2.05, 4.69) is 15.5 Å². The summed E-state index contributed by atoms with van der Waals surface area (Å²) in [4.78, 5) is 28.0. The third-order valence-electron chi connectivity index (χ3n) is 4.76. The molecule has 0 radical (unpaired) electrons. The molecular formula is C17H24FN5O2. The van der Waals surface area contributed by atoms with E-state index in [1.807, 2.05) is 4.90 Å². The van der Waals surface area contributed by atoms with Crippen molar-refractivity contribution in [2.24, 2.45) is 5.73 Å². The number of nitrogens with two attached hydrogens (primary N) is 1. The summed E-state index contributed by atoms with van der Waals surface area (Å²) in [5.74, 6) is -0.378. The Hall–Kier alpha value is -2.19. The van der Waals surface area contributed by atoms with Gasteiger partial charge in [0.05, 0.1) is 12.6 Å². The number of hydrogen-bond donors (Lipinski definition) is 3. The molecule has 3 rings (SSSR count). The van der Waals surface area contributed by atoms with Gasteiger partial charge in [-0.1, -0.05) is 0 Å². The normalized spacial score (nSPS) is 23.6. The predicted octanol–water partition coefficient (Wildman–Crippen LogP) is -0.720. The Labute approximate surface area is 146 Å². The minimum atomic E-state index is -0.263. The van der Waals surface area contributed by atoms with Crippen LogP contribution in [0, 0.1) is 5.82 Å². The van der Waals surface area contributed by atoms with Crippen molar-refractivity contribution in [3.8, 4) is 0 Å². The van der Waals surface area contributed by atoms with E-state index in [9.17, 15) is 14.0 Å². The number of halogens is 1. The molecule has 8 heteroatoms. The smallest absolute Gasteiger partial charge is 0.239 e. The number of carbonyl (C=O) groups excluding carboxylic acids is 2. The Morgan fingerprint density at radius 2 is 1.88 bits per heavy atom. The fourth-order valence-electron chi connectivity index (χ4n) is 3.38. The molecule has 2 aliphatic heterocycles. The highest BCUT2D eigenvalue weighted by Crippen LogP contribution is 2.18. The highest BCUT2D eigenvalue weighted by atomic mass is 19.1. The number of hydrogen-bond acceptors (Lipinski definition) is 5. The van der Waals surface area contributed by atoms with Crippen molar-refractivity contribution in [1.82, 2.24) is 15.5 Å². The number of nitrogens with zero attached hydrogens (tertiary/aromatic N) is 2. The number of nitrogens with one attached hydrogen (secondary N) is 2. The summed E-state index contributed by atoms with van der Waals surface area (Å²) < 4.78 is 13.0. The van der Waals surface area contributed by atoms with Crippen LogP contribution in [0.4, 0.5) is 10.1 Å². The maximum Gasteiger partial charge on any atom is 0.239 e. The van der Waals surface area contributed by atoms with Crippen molar-refractivity contribution in [2.45, 2.75) is 18.5 Å². The minimum absolute atomic E-state index is 0.0412. The van der Waals surface area contributed by atoms with Crippen molar-refractivity contribution in [3.63, 3.8) is 0 Å². The lowest BCUT2D eigenvalue weighted by atomic mass is 10.1. The van der Waals surface area contributed by atoms with E-state index in [4.69, 9.17) is 5.73 Å². The van der Waals surface area contributed by atoms with Crippen LogP contribution in [-0.4, -0.2) is 68.1 Å². The van der Waals surface area contributed by atoms with Crippen LogP contribution in [-0.2, 0) is 9.59 Å². The van der Waals surface area contributed by atoms with Gasteiger partial charge in [0.25, 0.3) is 0 Å². The first-order chi connectivity index (χ1) is 12.1. The summed E-state index contributed by atoms with van der Waals surface area (Å²) in [5, 5.41) is 5.99. The lowest BCUT2D eigenvalue weighted by Gasteiger charge is -2.37. The Kier molecular flexibility index (Phi) is 5.50. The SMILES string of the molecule is NCC(=O)NC1CN[C@@H](C(=O)N2CCN(c3ccc(F)cc3)CC2)C1. The van der Waals surface area contributed by atoms with Gasteiger partial charge in [0.15, 0.2) is 0 Å². The van der Waals surface area contributed by atoms with E-state index in [0.717, 1.165) is 18.8 Å². The summed E-state index contributed by atoms with van der Waals surface area (Å²) in [6.45, 7) is 3.25. The van der Waals surface area contributed by atoms with Gasteiger partial charge in [-0.15, -0.1) is 0 Å². The van der Waals surface area contributed by atoms with E-state index in [1.165, 1.54) is 12.1 Å². The third-order valence-corrected chi connectivity index (χ3v) is 4.76. The maximum absolute atomic E-state index is 13.0. The molecular weight excluding hydrogens is 325 g/mol. The fourth-order valence-corrected chi connectivity index (χ4v) is 3.38. The molecule has 25 heavy (non-hydrogen) atoms. The summed E-state index contributed by atoms with van der Waals surface area (Å²) in [7, 11) is 0. The number of carbonyl (C=O) groups is 2. The fraction of sp³-hybridized carbons (Fsp3) is 0.529. The van der Waals surface area contributed by atoms with Gasteiger partial charge in [-0.05, 0) is 30.7 Å². The van der Waals surface area contributed by atoms with E-state index in [1.54, 1.807) is 12.1 Å². The zero-order valence-electron chi connectivity index (χ0n) is 14.1. The Bertz CT molecular complexity index is 616. The van der Waals surface area contributed by atoms with E-state index in [-0.39, 0.29) is 36.3 Å². The molecule has 2 atom stereocenters. The van der Waals surface area contributed by atoms with Crippen LogP contribution in [0.25, 0.3) is 0 Å². The monoisotopic (exact) mass is 349 g/mol. The predicted molar refractivity (Wildman–Crippen MR) is 92.6 cm³/mol. The highest BCUT2D eigenvalue weighted by molar-refractivity contribution is 5.83. The second kappa shape index (κ2) is 7.79. The van der Waals surface area contributed by atoms with Crippen LogP contribution in [0.1, 0.15) is 6.42 Å². The molecule has 7 nitrogen and oxygen atoms in total.